The molecule has 104 valence electrons. The van der Waals surface area contributed by atoms with Gasteiger partial charge in [0.05, 0.1) is 12.2 Å². The number of nitrogens with zero attached hydrogens (tertiary/aromatic N) is 2. The highest BCUT2D eigenvalue weighted by Crippen LogP contribution is 2.30. The molecule has 0 spiro atoms. The number of fused-ring (bicyclic) bond motifs is 1. The molecule has 1 aliphatic rings. The van der Waals surface area contributed by atoms with Crippen molar-refractivity contribution in [2.24, 2.45) is 0 Å². The summed E-state index contributed by atoms with van der Waals surface area (Å²) in [6.45, 7) is 0.335. The quantitative estimate of drug-likeness (QED) is 0.880. The van der Waals surface area contributed by atoms with E-state index < -0.39 is 0 Å². The standard InChI is InChI=1S/C15H15ClN2O2/c16-14-12-4-2-1-3-11(12)13(9-17-14)15(20)18(7-8-19)10-5-6-10/h1-4,9-10,19H,5-8H2. The van der Waals surface area contributed by atoms with Gasteiger partial charge < -0.3 is 10.0 Å². The van der Waals surface area contributed by atoms with Gasteiger partial charge in [-0.1, -0.05) is 35.9 Å². The maximum Gasteiger partial charge on any atom is 0.256 e. The van der Waals surface area contributed by atoms with Gasteiger partial charge in [0.15, 0.2) is 0 Å². The molecule has 20 heavy (non-hydrogen) atoms. The van der Waals surface area contributed by atoms with Crippen LogP contribution in [0.5, 0.6) is 0 Å². The highest BCUT2D eigenvalue weighted by Gasteiger charge is 2.33. The van der Waals surface area contributed by atoms with Crippen LogP contribution in [0.3, 0.4) is 0 Å². The lowest BCUT2D eigenvalue weighted by atomic mass is 10.1. The van der Waals surface area contributed by atoms with E-state index in [0.29, 0.717) is 17.3 Å². The molecule has 0 radical (unpaired) electrons. The fourth-order valence-electron chi connectivity index (χ4n) is 2.43. The Morgan fingerprint density at radius 3 is 2.70 bits per heavy atom. The van der Waals surface area contributed by atoms with Gasteiger partial charge in [-0.3, -0.25) is 4.79 Å². The molecule has 0 atom stereocenters. The lowest BCUT2D eigenvalue weighted by Crippen LogP contribution is -2.35. The van der Waals surface area contributed by atoms with Gasteiger partial charge in [-0.2, -0.15) is 0 Å². The van der Waals surface area contributed by atoms with Crippen molar-refractivity contribution in [3.63, 3.8) is 0 Å². The van der Waals surface area contributed by atoms with Crippen molar-refractivity contribution in [1.82, 2.24) is 9.88 Å². The largest absolute Gasteiger partial charge is 0.395 e. The van der Waals surface area contributed by atoms with Gasteiger partial charge in [-0.15, -0.1) is 0 Å². The van der Waals surface area contributed by atoms with Crippen molar-refractivity contribution in [2.45, 2.75) is 18.9 Å². The predicted octanol–water partition coefficient (Wildman–Crippen LogP) is 2.49. The molecule has 0 bridgehead atoms. The molecule has 1 aromatic carbocycles. The average Bonchev–Trinajstić information content (AvgIpc) is 3.29. The molecule has 1 aliphatic carbocycles. The summed E-state index contributed by atoms with van der Waals surface area (Å²) in [5.41, 5.74) is 0.547. The summed E-state index contributed by atoms with van der Waals surface area (Å²) in [6, 6.07) is 7.73. The molecule has 1 amide bonds. The number of carbonyl (C=O) groups is 1. The van der Waals surface area contributed by atoms with Gasteiger partial charge >= 0.3 is 0 Å². The number of aliphatic hydroxyl groups is 1. The SMILES string of the molecule is O=C(c1cnc(Cl)c2ccccc12)N(CCO)C1CC1. The molecule has 1 aromatic heterocycles. The fourth-order valence-corrected chi connectivity index (χ4v) is 2.64. The Labute approximate surface area is 122 Å². The van der Waals surface area contributed by atoms with E-state index in [9.17, 15) is 4.79 Å². The van der Waals surface area contributed by atoms with Crippen molar-refractivity contribution in [3.8, 4) is 0 Å². The molecule has 1 N–H and O–H groups in total. The Hall–Kier alpha value is -1.65. The Kier molecular flexibility index (Phi) is 3.59. The predicted molar refractivity (Wildman–Crippen MR) is 77.9 cm³/mol. The van der Waals surface area contributed by atoms with Gasteiger partial charge in [0, 0.05) is 24.2 Å². The molecular weight excluding hydrogens is 276 g/mol. The second kappa shape index (κ2) is 5.38. The van der Waals surface area contributed by atoms with Crippen LogP contribution >= 0.6 is 11.6 Å². The molecule has 1 heterocycles. The summed E-state index contributed by atoms with van der Waals surface area (Å²) in [6.07, 6.45) is 3.54. The van der Waals surface area contributed by atoms with Crippen molar-refractivity contribution in [1.29, 1.82) is 0 Å². The number of rotatable bonds is 4. The molecule has 0 aliphatic heterocycles. The van der Waals surface area contributed by atoms with Crippen LogP contribution < -0.4 is 0 Å². The number of aromatic nitrogens is 1. The van der Waals surface area contributed by atoms with Crippen LogP contribution in [0.4, 0.5) is 0 Å². The van der Waals surface area contributed by atoms with Crippen LogP contribution in [0.1, 0.15) is 23.2 Å². The van der Waals surface area contributed by atoms with E-state index in [4.69, 9.17) is 16.7 Å². The first-order valence-corrected chi connectivity index (χ1v) is 7.05. The molecule has 1 fully saturated rings. The maximum atomic E-state index is 12.7. The Bertz CT molecular complexity index is 655. The van der Waals surface area contributed by atoms with Crippen molar-refractivity contribution in [2.75, 3.05) is 13.2 Å². The third kappa shape index (κ3) is 2.37. The van der Waals surface area contributed by atoms with Crippen LogP contribution in [0, 0.1) is 0 Å². The van der Waals surface area contributed by atoms with Crippen LogP contribution in [0.2, 0.25) is 5.15 Å². The highest BCUT2D eigenvalue weighted by molar-refractivity contribution is 6.34. The van der Waals surface area contributed by atoms with E-state index in [1.165, 1.54) is 6.20 Å². The minimum absolute atomic E-state index is 0.0266. The molecular formula is C15H15ClN2O2. The number of benzene rings is 1. The summed E-state index contributed by atoms with van der Waals surface area (Å²) in [7, 11) is 0. The van der Waals surface area contributed by atoms with Crippen LogP contribution in [-0.2, 0) is 0 Å². The average molecular weight is 291 g/mol. The second-order valence-corrected chi connectivity index (χ2v) is 5.32. The first-order chi connectivity index (χ1) is 9.72. The van der Waals surface area contributed by atoms with E-state index in [0.717, 1.165) is 23.6 Å². The first-order valence-electron chi connectivity index (χ1n) is 6.67. The van der Waals surface area contributed by atoms with Gasteiger partial charge in [0.25, 0.3) is 5.91 Å². The lowest BCUT2D eigenvalue weighted by molar-refractivity contribution is 0.0709. The van der Waals surface area contributed by atoms with Crippen LogP contribution in [0.25, 0.3) is 10.8 Å². The minimum atomic E-state index is -0.0816. The Balaban J connectivity index is 2.05. The van der Waals surface area contributed by atoms with Gasteiger partial charge in [0.2, 0.25) is 0 Å². The normalized spacial score (nSPS) is 14.5. The number of hydrogen-bond acceptors (Lipinski definition) is 3. The van der Waals surface area contributed by atoms with Gasteiger partial charge in [0.1, 0.15) is 5.15 Å². The Morgan fingerprint density at radius 2 is 2.05 bits per heavy atom. The van der Waals surface area contributed by atoms with Crippen molar-refractivity contribution < 1.29 is 9.90 Å². The molecule has 0 saturated heterocycles. The number of aliphatic hydroxyl groups excluding tert-OH is 1. The van der Waals surface area contributed by atoms with Crippen LogP contribution in [0.15, 0.2) is 30.5 Å². The summed E-state index contributed by atoms with van der Waals surface area (Å²) in [5, 5.41) is 11.1. The van der Waals surface area contributed by atoms with E-state index in [1.807, 2.05) is 24.3 Å². The molecule has 0 unspecified atom stereocenters. The molecule has 2 aromatic rings. The van der Waals surface area contributed by atoms with Gasteiger partial charge in [-0.05, 0) is 18.2 Å². The third-order valence-electron chi connectivity index (χ3n) is 3.57. The third-order valence-corrected chi connectivity index (χ3v) is 3.87. The second-order valence-electron chi connectivity index (χ2n) is 4.96. The maximum absolute atomic E-state index is 12.7. The van der Waals surface area contributed by atoms with Crippen LogP contribution in [-0.4, -0.2) is 40.1 Å². The topological polar surface area (TPSA) is 53.4 Å². The van der Waals surface area contributed by atoms with E-state index in [-0.39, 0.29) is 18.6 Å². The van der Waals surface area contributed by atoms with E-state index in [1.54, 1.807) is 4.90 Å². The monoisotopic (exact) mass is 290 g/mol. The zero-order chi connectivity index (χ0) is 14.1. The number of hydrogen-bond donors (Lipinski definition) is 1. The van der Waals surface area contributed by atoms with E-state index in [2.05, 4.69) is 4.98 Å². The summed E-state index contributed by atoms with van der Waals surface area (Å²) in [5.74, 6) is -0.0816. The summed E-state index contributed by atoms with van der Waals surface area (Å²) >= 11 is 6.07. The highest BCUT2D eigenvalue weighted by atomic mass is 35.5. The van der Waals surface area contributed by atoms with Gasteiger partial charge in [-0.25, -0.2) is 4.98 Å². The number of amides is 1. The summed E-state index contributed by atoms with van der Waals surface area (Å²) < 4.78 is 0. The minimum Gasteiger partial charge on any atom is -0.395 e. The lowest BCUT2D eigenvalue weighted by Gasteiger charge is -2.22. The summed E-state index contributed by atoms with van der Waals surface area (Å²) in [4.78, 5) is 18.5. The molecule has 5 heteroatoms. The molecule has 3 rings (SSSR count). The number of halogens is 1. The zero-order valence-corrected chi connectivity index (χ0v) is 11.7. The smallest absolute Gasteiger partial charge is 0.256 e. The number of pyridine rings is 1. The fraction of sp³-hybridized carbons (Fsp3) is 0.333. The van der Waals surface area contributed by atoms with E-state index >= 15 is 0 Å². The Morgan fingerprint density at radius 1 is 1.35 bits per heavy atom. The van der Waals surface area contributed by atoms with Crippen molar-refractivity contribution >= 4 is 28.3 Å². The zero-order valence-electron chi connectivity index (χ0n) is 10.9. The number of carbonyl (C=O) groups excluding carboxylic acids is 1. The first kappa shape index (κ1) is 13.3. The van der Waals surface area contributed by atoms with Crippen molar-refractivity contribution in [3.05, 3.63) is 41.2 Å². The molecule has 4 nitrogen and oxygen atoms in total. The molecule has 1 saturated carbocycles.